The van der Waals surface area contributed by atoms with Crippen LogP contribution in [0.2, 0.25) is 0 Å². The van der Waals surface area contributed by atoms with E-state index < -0.39 is 0 Å². The maximum atomic E-state index is 8.87. The number of fused-ring (bicyclic) bond motifs is 1. The van der Waals surface area contributed by atoms with E-state index in [0.29, 0.717) is 0 Å². The normalized spacial score (nSPS) is 18.7. The molecule has 0 fully saturated rings. The van der Waals surface area contributed by atoms with Gasteiger partial charge < -0.3 is 0 Å². The van der Waals surface area contributed by atoms with E-state index >= 15 is 0 Å². The van der Waals surface area contributed by atoms with E-state index in [1.807, 2.05) is 30.3 Å². The first-order chi connectivity index (χ1) is 6.36. The first kappa shape index (κ1) is 7.75. The summed E-state index contributed by atoms with van der Waals surface area (Å²) in [4.78, 5) is 3.89. The number of nitrogens with zero attached hydrogens (tertiary/aromatic N) is 2. The van der Waals surface area contributed by atoms with Crippen LogP contribution in [0.15, 0.2) is 35.3 Å². The second-order valence-corrected chi connectivity index (χ2v) is 2.90. The minimum Gasteiger partial charge on any atom is -0.264 e. The summed E-state index contributed by atoms with van der Waals surface area (Å²) >= 11 is 0. The molecule has 2 heteroatoms. The lowest BCUT2D eigenvalue weighted by Gasteiger charge is -2.00. The molecule has 0 aromatic heterocycles. The van der Waals surface area contributed by atoms with Gasteiger partial charge in [-0.2, -0.15) is 5.26 Å². The molecule has 1 aromatic rings. The minimum atomic E-state index is -0.156. The minimum absolute atomic E-state index is 0.156. The van der Waals surface area contributed by atoms with Gasteiger partial charge in [-0.25, -0.2) is 0 Å². The molecular formula is C11H8N2. The fourth-order valence-corrected chi connectivity index (χ4v) is 1.58. The molecule has 1 aliphatic carbocycles. The monoisotopic (exact) mass is 168 g/mol. The molecule has 1 atom stereocenters. The molecule has 0 amide bonds. The quantitative estimate of drug-likeness (QED) is 0.593. The van der Waals surface area contributed by atoms with Crippen molar-refractivity contribution in [3.8, 4) is 6.07 Å². The first-order valence-corrected chi connectivity index (χ1v) is 4.04. The lowest BCUT2D eigenvalue weighted by molar-refractivity contribution is 1.12. The maximum Gasteiger partial charge on any atom is 0.0923 e. The number of allylic oxidation sites excluding steroid dienone is 1. The van der Waals surface area contributed by atoms with Crippen molar-refractivity contribution in [2.24, 2.45) is 4.99 Å². The van der Waals surface area contributed by atoms with E-state index in [0.717, 1.165) is 16.8 Å². The number of hydrogen-bond acceptors (Lipinski definition) is 2. The predicted molar refractivity (Wildman–Crippen MR) is 52.3 cm³/mol. The van der Waals surface area contributed by atoms with Gasteiger partial charge in [0.1, 0.15) is 0 Å². The molecule has 1 unspecified atom stereocenters. The molecule has 0 saturated carbocycles. The van der Waals surface area contributed by atoms with Crippen molar-refractivity contribution in [3.05, 3.63) is 41.5 Å². The fraction of sp³-hybridized carbons (Fsp3) is 0.0909. The van der Waals surface area contributed by atoms with Crippen LogP contribution in [0, 0.1) is 11.3 Å². The van der Waals surface area contributed by atoms with E-state index in [2.05, 4.69) is 17.8 Å². The molecule has 0 N–H and O–H groups in total. The molecule has 1 aromatic carbocycles. The molecular weight excluding hydrogens is 160 g/mol. The Labute approximate surface area is 76.8 Å². The predicted octanol–water partition coefficient (Wildman–Crippen LogP) is 2.35. The smallest absolute Gasteiger partial charge is 0.0923 e. The fourth-order valence-electron chi connectivity index (χ4n) is 1.58. The van der Waals surface area contributed by atoms with Crippen LogP contribution in [0.25, 0.3) is 5.70 Å². The van der Waals surface area contributed by atoms with Crippen LogP contribution >= 0.6 is 0 Å². The third kappa shape index (κ3) is 1.06. The molecule has 0 heterocycles. The van der Waals surface area contributed by atoms with Crippen LogP contribution in [0.1, 0.15) is 17.0 Å². The summed E-state index contributed by atoms with van der Waals surface area (Å²) in [6.45, 7) is 3.48. The van der Waals surface area contributed by atoms with Crippen LogP contribution in [0.5, 0.6) is 0 Å². The molecule has 0 radical (unpaired) electrons. The summed E-state index contributed by atoms with van der Waals surface area (Å²) in [5.74, 6) is -0.156. The standard InChI is InChI=1S/C11H8N2/c1-13-11-6-8(7-12)9-4-2-3-5-10(9)11/h2-6,8H,1H2. The highest BCUT2D eigenvalue weighted by Gasteiger charge is 2.21. The molecule has 62 valence electrons. The SMILES string of the molecule is C=NC1=CC(C#N)c2ccccc21. The number of aliphatic imine (C=N–C) groups is 1. The summed E-state index contributed by atoms with van der Waals surface area (Å²) in [6.07, 6.45) is 1.84. The lowest BCUT2D eigenvalue weighted by atomic mass is 10.0. The van der Waals surface area contributed by atoms with E-state index in [-0.39, 0.29) is 5.92 Å². The van der Waals surface area contributed by atoms with Crippen LogP contribution in [-0.2, 0) is 0 Å². The van der Waals surface area contributed by atoms with E-state index in [9.17, 15) is 0 Å². The lowest BCUT2D eigenvalue weighted by Crippen LogP contribution is -1.87. The van der Waals surface area contributed by atoms with Crippen LogP contribution in [0.3, 0.4) is 0 Å². The van der Waals surface area contributed by atoms with Gasteiger partial charge in [-0.15, -0.1) is 0 Å². The second-order valence-electron chi connectivity index (χ2n) is 2.90. The number of hydrogen-bond donors (Lipinski definition) is 0. The third-order valence-corrected chi connectivity index (χ3v) is 2.21. The van der Waals surface area contributed by atoms with Crippen molar-refractivity contribution >= 4 is 12.4 Å². The Morgan fingerprint density at radius 1 is 1.38 bits per heavy atom. The Kier molecular flexibility index (Phi) is 1.71. The van der Waals surface area contributed by atoms with E-state index in [1.54, 1.807) is 0 Å². The Hall–Kier alpha value is -1.88. The second kappa shape index (κ2) is 2.87. The van der Waals surface area contributed by atoms with E-state index in [1.165, 1.54) is 0 Å². The zero-order valence-corrected chi connectivity index (χ0v) is 7.07. The van der Waals surface area contributed by atoms with Gasteiger partial charge in [0.25, 0.3) is 0 Å². The third-order valence-electron chi connectivity index (χ3n) is 2.21. The molecule has 1 aliphatic rings. The van der Waals surface area contributed by atoms with Gasteiger partial charge in [0.15, 0.2) is 0 Å². The molecule has 2 nitrogen and oxygen atoms in total. The highest BCUT2D eigenvalue weighted by Crippen LogP contribution is 2.35. The van der Waals surface area contributed by atoms with Gasteiger partial charge >= 0.3 is 0 Å². The van der Waals surface area contributed by atoms with E-state index in [4.69, 9.17) is 5.26 Å². The highest BCUT2D eigenvalue weighted by molar-refractivity contribution is 5.77. The average molecular weight is 168 g/mol. The summed E-state index contributed by atoms with van der Waals surface area (Å²) in [7, 11) is 0. The van der Waals surface area contributed by atoms with Crippen LogP contribution in [-0.4, -0.2) is 6.72 Å². The zero-order chi connectivity index (χ0) is 9.26. The molecule has 13 heavy (non-hydrogen) atoms. The van der Waals surface area contributed by atoms with Gasteiger partial charge in [-0.05, 0) is 18.4 Å². The number of rotatable bonds is 1. The molecule has 0 bridgehead atoms. The topological polar surface area (TPSA) is 36.1 Å². The van der Waals surface area contributed by atoms with Crippen molar-refractivity contribution in [3.63, 3.8) is 0 Å². The van der Waals surface area contributed by atoms with Gasteiger partial charge in [-0.3, -0.25) is 4.99 Å². The summed E-state index contributed by atoms with van der Waals surface area (Å²) in [5, 5.41) is 8.87. The van der Waals surface area contributed by atoms with Gasteiger partial charge in [0.05, 0.1) is 17.7 Å². The van der Waals surface area contributed by atoms with Crippen molar-refractivity contribution < 1.29 is 0 Å². The summed E-state index contributed by atoms with van der Waals surface area (Å²) < 4.78 is 0. The number of nitriles is 1. The summed E-state index contributed by atoms with van der Waals surface area (Å²) in [6, 6.07) is 10.0. The highest BCUT2D eigenvalue weighted by atomic mass is 14.7. The Bertz CT molecular complexity index is 424. The van der Waals surface area contributed by atoms with Crippen molar-refractivity contribution in [1.82, 2.24) is 0 Å². The number of benzene rings is 1. The summed E-state index contributed by atoms with van der Waals surface area (Å²) in [5.41, 5.74) is 2.89. The van der Waals surface area contributed by atoms with Gasteiger partial charge in [0.2, 0.25) is 0 Å². The van der Waals surface area contributed by atoms with Crippen molar-refractivity contribution in [2.75, 3.05) is 0 Å². The maximum absolute atomic E-state index is 8.87. The molecule has 0 spiro atoms. The van der Waals surface area contributed by atoms with Gasteiger partial charge in [-0.1, -0.05) is 24.3 Å². The molecule has 2 rings (SSSR count). The largest absolute Gasteiger partial charge is 0.264 e. The molecule has 0 aliphatic heterocycles. The Morgan fingerprint density at radius 2 is 2.15 bits per heavy atom. The Morgan fingerprint density at radius 3 is 2.85 bits per heavy atom. The van der Waals surface area contributed by atoms with Gasteiger partial charge in [0, 0.05) is 5.56 Å². The average Bonchev–Trinajstić information content (AvgIpc) is 2.56. The molecule has 0 saturated heterocycles. The van der Waals surface area contributed by atoms with Crippen molar-refractivity contribution in [1.29, 1.82) is 5.26 Å². The van der Waals surface area contributed by atoms with Crippen LogP contribution in [0.4, 0.5) is 0 Å². The van der Waals surface area contributed by atoms with Crippen molar-refractivity contribution in [2.45, 2.75) is 5.92 Å². The zero-order valence-electron chi connectivity index (χ0n) is 7.07. The van der Waals surface area contributed by atoms with Crippen LogP contribution < -0.4 is 0 Å². The Balaban J connectivity index is 2.61. The first-order valence-electron chi connectivity index (χ1n) is 4.04.